The molecule has 0 amide bonds. The standard InChI is InChI=1S/C41H74NO8P/c1-3-5-7-8-9-10-11-12-13-17-20-23-26-30-35-47-40(38-50-51(45,46)49-36-34-42)37-48-41(44)33-29-25-22-19-16-14-15-18-21-24-28-32-39(43)31-27-6-4-2/h14-15,19,21-22,24,28,30,32,35,39-40,43H,3-13,16-18,20,23,25-27,29,31,33-34,36-38,42H2,1-2H3,(H,45,46)/b15-14-,22-19-,24-21-,32-28+,35-30+/t39-,40-/m1/s1. The molecule has 51 heavy (non-hydrogen) atoms. The molecule has 3 atom stereocenters. The number of allylic oxidation sites excluding steroid dienone is 8. The average Bonchev–Trinajstić information content (AvgIpc) is 3.11. The Balaban J connectivity index is 4.27. The summed E-state index contributed by atoms with van der Waals surface area (Å²) in [6, 6.07) is 0. The van der Waals surface area contributed by atoms with E-state index in [4.69, 9.17) is 24.3 Å². The van der Waals surface area contributed by atoms with Crippen LogP contribution >= 0.6 is 7.82 Å². The molecule has 0 bridgehead atoms. The number of unbranched alkanes of at least 4 members (excludes halogenated alkanes) is 15. The second-order valence-electron chi connectivity index (χ2n) is 13.1. The quantitative estimate of drug-likeness (QED) is 0.0142. The highest BCUT2D eigenvalue weighted by atomic mass is 31.2. The summed E-state index contributed by atoms with van der Waals surface area (Å²) in [5, 5.41) is 9.88. The highest BCUT2D eigenvalue weighted by molar-refractivity contribution is 7.47. The van der Waals surface area contributed by atoms with Crippen molar-refractivity contribution in [3.05, 3.63) is 60.9 Å². The summed E-state index contributed by atoms with van der Waals surface area (Å²) in [7, 11) is -4.29. The summed E-state index contributed by atoms with van der Waals surface area (Å²) in [5.41, 5.74) is 5.35. The number of aliphatic hydroxyl groups is 1. The molecular weight excluding hydrogens is 665 g/mol. The summed E-state index contributed by atoms with van der Waals surface area (Å²) in [5.74, 6) is -0.363. The van der Waals surface area contributed by atoms with Crippen molar-refractivity contribution in [2.75, 3.05) is 26.4 Å². The molecule has 0 aromatic carbocycles. The van der Waals surface area contributed by atoms with Gasteiger partial charge >= 0.3 is 13.8 Å². The molecule has 4 N–H and O–H groups in total. The Morgan fingerprint density at radius 3 is 1.96 bits per heavy atom. The van der Waals surface area contributed by atoms with Crippen LogP contribution < -0.4 is 5.73 Å². The third kappa shape index (κ3) is 37.6. The van der Waals surface area contributed by atoms with E-state index in [2.05, 4.69) is 44.2 Å². The zero-order chi connectivity index (χ0) is 37.5. The minimum Gasteiger partial charge on any atom is -0.492 e. The molecule has 0 rings (SSSR count). The molecule has 0 aromatic rings. The first-order valence-corrected chi connectivity index (χ1v) is 21.4. The van der Waals surface area contributed by atoms with E-state index in [1.807, 2.05) is 24.3 Å². The molecule has 9 nitrogen and oxygen atoms in total. The summed E-state index contributed by atoms with van der Waals surface area (Å²) in [6.45, 7) is 4.00. The maximum atomic E-state index is 12.3. The van der Waals surface area contributed by atoms with Gasteiger partial charge in [-0.05, 0) is 51.0 Å². The van der Waals surface area contributed by atoms with Gasteiger partial charge in [-0.1, -0.05) is 152 Å². The lowest BCUT2D eigenvalue weighted by atomic mass is 10.0. The monoisotopic (exact) mass is 740 g/mol. The number of carbonyl (C=O) groups is 1. The number of nitrogens with two attached hydrogens (primary N) is 1. The van der Waals surface area contributed by atoms with E-state index >= 15 is 0 Å². The van der Waals surface area contributed by atoms with Gasteiger partial charge in [-0.15, -0.1) is 0 Å². The maximum absolute atomic E-state index is 12.3. The number of ether oxygens (including phenoxy) is 2. The smallest absolute Gasteiger partial charge is 0.472 e. The predicted octanol–water partition coefficient (Wildman–Crippen LogP) is 10.7. The molecule has 0 saturated carbocycles. The fourth-order valence-corrected chi connectivity index (χ4v) is 5.85. The van der Waals surface area contributed by atoms with Crippen molar-refractivity contribution < 1.29 is 37.9 Å². The Morgan fingerprint density at radius 2 is 1.29 bits per heavy atom. The van der Waals surface area contributed by atoms with Gasteiger partial charge < -0.3 is 25.2 Å². The summed E-state index contributed by atoms with van der Waals surface area (Å²) in [6.07, 6.45) is 42.4. The highest BCUT2D eigenvalue weighted by Crippen LogP contribution is 2.43. The highest BCUT2D eigenvalue weighted by Gasteiger charge is 2.24. The zero-order valence-corrected chi connectivity index (χ0v) is 33.1. The minimum atomic E-state index is -4.29. The molecule has 0 radical (unpaired) electrons. The van der Waals surface area contributed by atoms with Crippen LogP contribution in [0.25, 0.3) is 0 Å². The Bertz CT molecular complexity index is 981. The van der Waals surface area contributed by atoms with E-state index in [0.29, 0.717) is 6.42 Å². The molecule has 0 aliphatic heterocycles. The van der Waals surface area contributed by atoms with Gasteiger partial charge in [0.05, 0.1) is 25.6 Å². The first kappa shape index (κ1) is 49.0. The number of rotatable bonds is 37. The van der Waals surface area contributed by atoms with Crippen LogP contribution in [-0.4, -0.2) is 54.5 Å². The first-order valence-electron chi connectivity index (χ1n) is 19.9. The number of hydrogen-bond acceptors (Lipinski definition) is 8. The fourth-order valence-electron chi connectivity index (χ4n) is 5.08. The lowest BCUT2D eigenvalue weighted by Gasteiger charge is -2.19. The Hall–Kier alpha value is -2.00. The molecule has 0 aliphatic carbocycles. The van der Waals surface area contributed by atoms with Crippen LogP contribution in [0.2, 0.25) is 0 Å². The molecule has 0 aromatic heterocycles. The van der Waals surface area contributed by atoms with Crippen LogP contribution in [0, 0.1) is 0 Å². The average molecular weight is 740 g/mol. The number of esters is 1. The van der Waals surface area contributed by atoms with E-state index in [0.717, 1.165) is 57.8 Å². The van der Waals surface area contributed by atoms with Crippen LogP contribution in [0.4, 0.5) is 0 Å². The second kappa shape index (κ2) is 37.7. The van der Waals surface area contributed by atoms with E-state index in [9.17, 15) is 19.4 Å². The number of phosphoric ester groups is 1. The number of aliphatic hydroxyl groups excluding tert-OH is 1. The molecule has 10 heteroatoms. The number of phosphoric acid groups is 1. The third-order valence-electron chi connectivity index (χ3n) is 8.13. The SMILES string of the molecule is CCCCCCCCCCCCCC/C=C/O[C@H](COC(=O)CCC/C=C\C/C=C\C/C=C\C=C\[C@H](O)CCCCC)COP(=O)(O)OCCN. The van der Waals surface area contributed by atoms with E-state index in [1.54, 1.807) is 6.26 Å². The van der Waals surface area contributed by atoms with Crippen LogP contribution in [0.1, 0.15) is 155 Å². The molecule has 0 saturated heterocycles. The Kier molecular flexibility index (Phi) is 36.3. The van der Waals surface area contributed by atoms with Gasteiger partial charge in [-0.3, -0.25) is 13.8 Å². The predicted molar refractivity (Wildman–Crippen MR) is 211 cm³/mol. The van der Waals surface area contributed by atoms with Gasteiger partial charge in [0.1, 0.15) is 6.61 Å². The van der Waals surface area contributed by atoms with Crippen LogP contribution in [0.5, 0.6) is 0 Å². The minimum absolute atomic E-state index is 0.0846. The molecular formula is C41H74NO8P. The molecule has 0 heterocycles. The van der Waals surface area contributed by atoms with Crippen molar-refractivity contribution in [1.82, 2.24) is 0 Å². The lowest BCUT2D eigenvalue weighted by molar-refractivity contribution is -0.147. The normalized spacial score (nSPS) is 14.8. The van der Waals surface area contributed by atoms with Crippen molar-refractivity contribution in [2.24, 2.45) is 5.73 Å². The topological polar surface area (TPSA) is 138 Å². The lowest BCUT2D eigenvalue weighted by Crippen LogP contribution is -2.25. The van der Waals surface area contributed by atoms with Gasteiger partial charge in [0, 0.05) is 13.0 Å². The van der Waals surface area contributed by atoms with Gasteiger partial charge in [0.25, 0.3) is 0 Å². The number of hydrogen-bond donors (Lipinski definition) is 3. The summed E-state index contributed by atoms with van der Waals surface area (Å²) in [4.78, 5) is 22.2. The van der Waals surface area contributed by atoms with Crippen molar-refractivity contribution in [3.63, 3.8) is 0 Å². The molecule has 296 valence electrons. The molecule has 0 aliphatic rings. The summed E-state index contributed by atoms with van der Waals surface area (Å²) < 4.78 is 33.0. The van der Waals surface area contributed by atoms with E-state index in [-0.39, 0.29) is 44.9 Å². The van der Waals surface area contributed by atoms with Crippen molar-refractivity contribution >= 4 is 13.8 Å². The van der Waals surface area contributed by atoms with Gasteiger partial charge in [-0.2, -0.15) is 0 Å². The van der Waals surface area contributed by atoms with Crippen LogP contribution in [0.15, 0.2) is 60.9 Å². The molecule has 0 spiro atoms. The Labute approximate surface area is 311 Å². The van der Waals surface area contributed by atoms with Crippen molar-refractivity contribution in [2.45, 2.75) is 167 Å². The Morgan fingerprint density at radius 1 is 0.706 bits per heavy atom. The number of carbonyl (C=O) groups excluding carboxylic acids is 1. The van der Waals surface area contributed by atoms with Gasteiger partial charge in [0.15, 0.2) is 6.10 Å². The van der Waals surface area contributed by atoms with E-state index < -0.39 is 13.9 Å². The first-order chi connectivity index (χ1) is 24.8. The maximum Gasteiger partial charge on any atom is 0.472 e. The van der Waals surface area contributed by atoms with E-state index in [1.165, 1.54) is 70.6 Å². The molecule has 1 unspecified atom stereocenters. The second-order valence-corrected chi connectivity index (χ2v) is 14.5. The van der Waals surface area contributed by atoms with Crippen LogP contribution in [-0.2, 0) is 27.9 Å². The largest absolute Gasteiger partial charge is 0.492 e. The van der Waals surface area contributed by atoms with Gasteiger partial charge in [-0.25, -0.2) is 4.57 Å². The van der Waals surface area contributed by atoms with Crippen LogP contribution in [0.3, 0.4) is 0 Å². The fraction of sp³-hybridized carbons (Fsp3) is 0.732. The molecule has 0 fully saturated rings. The van der Waals surface area contributed by atoms with Gasteiger partial charge in [0.2, 0.25) is 0 Å². The van der Waals surface area contributed by atoms with Crippen molar-refractivity contribution in [3.8, 4) is 0 Å². The zero-order valence-electron chi connectivity index (χ0n) is 32.2. The third-order valence-corrected chi connectivity index (χ3v) is 9.12. The van der Waals surface area contributed by atoms with Crippen molar-refractivity contribution in [1.29, 1.82) is 0 Å². The summed E-state index contributed by atoms with van der Waals surface area (Å²) >= 11 is 0.